The zero-order chi connectivity index (χ0) is 33.3. The van der Waals surface area contributed by atoms with Crippen LogP contribution in [0.25, 0.3) is 0 Å². The first-order valence-electron chi connectivity index (χ1n) is 18.5. The molecule has 45 heavy (non-hydrogen) atoms. The van der Waals surface area contributed by atoms with Crippen LogP contribution in [0.1, 0.15) is 187 Å². The molecule has 9 heteroatoms. The van der Waals surface area contributed by atoms with Crippen LogP contribution in [0.4, 0.5) is 0 Å². The Labute approximate surface area is 276 Å². The Kier molecular flexibility index (Phi) is 31.8. The molecule has 0 saturated heterocycles. The summed E-state index contributed by atoms with van der Waals surface area (Å²) in [6.07, 6.45) is 33.6. The average molecular weight is 661 g/mol. The van der Waals surface area contributed by atoms with Crippen molar-refractivity contribution in [1.29, 1.82) is 0 Å². The predicted octanol–water partition coefficient (Wildman–Crippen LogP) is 10.7. The van der Waals surface area contributed by atoms with Crippen molar-refractivity contribution in [3.05, 3.63) is 12.2 Å². The van der Waals surface area contributed by atoms with Crippen molar-refractivity contribution >= 4 is 19.8 Å². The molecule has 0 fully saturated rings. The van der Waals surface area contributed by atoms with E-state index in [4.69, 9.17) is 19.3 Å². The molecule has 2 N–H and O–H groups in total. The van der Waals surface area contributed by atoms with E-state index in [0.717, 1.165) is 44.9 Å². The molecule has 0 bridgehead atoms. The maximum atomic E-state index is 12.3. The summed E-state index contributed by atoms with van der Waals surface area (Å²) >= 11 is 0. The van der Waals surface area contributed by atoms with Crippen LogP contribution in [-0.2, 0) is 28.2 Å². The minimum atomic E-state index is -4.74. The first kappa shape index (κ1) is 43.8. The largest absolute Gasteiger partial charge is 0.469 e. The summed E-state index contributed by atoms with van der Waals surface area (Å²) in [5.41, 5.74) is 0. The molecule has 0 saturated carbocycles. The van der Waals surface area contributed by atoms with Crippen LogP contribution >= 0.6 is 7.82 Å². The number of hydrogen-bond acceptors (Lipinski definition) is 6. The summed E-state index contributed by atoms with van der Waals surface area (Å²) in [6, 6.07) is 0. The van der Waals surface area contributed by atoms with Gasteiger partial charge in [-0.2, -0.15) is 0 Å². The first-order chi connectivity index (χ1) is 21.8. The van der Waals surface area contributed by atoms with Gasteiger partial charge in [0.2, 0.25) is 0 Å². The van der Waals surface area contributed by atoms with E-state index in [2.05, 4.69) is 30.5 Å². The molecule has 0 aliphatic heterocycles. The lowest BCUT2D eigenvalue weighted by atomic mass is 10.0. The molecule has 0 unspecified atom stereocenters. The minimum Gasteiger partial charge on any atom is -0.462 e. The molecule has 0 rings (SSSR count). The van der Waals surface area contributed by atoms with Gasteiger partial charge in [0.25, 0.3) is 0 Å². The van der Waals surface area contributed by atoms with Crippen LogP contribution in [-0.4, -0.2) is 41.0 Å². The molecule has 0 aliphatic rings. The van der Waals surface area contributed by atoms with E-state index >= 15 is 0 Å². The van der Waals surface area contributed by atoms with E-state index < -0.39 is 32.5 Å². The molecule has 0 aromatic carbocycles. The van der Waals surface area contributed by atoms with Crippen LogP contribution in [0.5, 0.6) is 0 Å². The molecular weight excluding hydrogens is 591 g/mol. The third kappa shape index (κ3) is 35.5. The summed E-state index contributed by atoms with van der Waals surface area (Å²) < 4.78 is 26.3. The van der Waals surface area contributed by atoms with Crippen LogP contribution in [0.15, 0.2) is 12.2 Å². The van der Waals surface area contributed by atoms with Gasteiger partial charge in [-0.05, 0) is 38.5 Å². The summed E-state index contributed by atoms with van der Waals surface area (Å²) in [5, 5.41) is 0. The van der Waals surface area contributed by atoms with Crippen LogP contribution in [0.2, 0.25) is 0 Å². The van der Waals surface area contributed by atoms with Gasteiger partial charge in [0.15, 0.2) is 6.10 Å². The Morgan fingerprint density at radius 3 is 1.38 bits per heavy atom. The van der Waals surface area contributed by atoms with Crippen molar-refractivity contribution in [2.75, 3.05) is 13.2 Å². The number of ether oxygens (including phenoxy) is 2. The highest BCUT2D eigenvalue weighted by Gasteiger charge is 2.22. The zero-order valence-corrected chi connectivity index (χ0v) is 29.9. The Bertz CT molecular complexity index is 751. The lowest BCUT2D eigenvalue weighted by Gasteiger charge is -2.18. The molecule has 0 spiro atoms. The van der Waals surface area contributed by atoms with Crippen LogP contribution < -0.4 is 0 Å². The fourth-order valence-electron chi connectivity index (χ4n) is 5.25. The van der Waals surface area contributed by atoms with Crippen molar-refractivity contribution in [2.24, 2.45) is 0 Å². The second-order valence-electron chi connectivity index (χ2n) is 12.6. The Hall–Kier alpha value is -1.21. The summed E-state index contributed by atoms with van der Waals surface area (Å²) in [4.78, 5) is 42.6. The fourth-order valence-corrected chi connectivity index (χ4v) is 5.61. The van der Waals surface area contributed by atoms with Gasteiger partial charge in [-0.3, -0.25) is 14.1 Å². The number of allylic oxidation sites excluding steroid dienone is 2. The molecule has 8 nitrogen and oxygen atoms in total. The van der Waals surface area contributed by atoms with Gasteiger partial charge < -0.3 is 19.3 Å². The maximum absolute atomic E-state index is 12.3. The number of unbranched alkanes of at least 4 members (excludes halogenated alkanes) is 22. The Morgan fingerprint density at radius 1 is 0.556 bits per heavy atom. The molecule has 1 atom stereocenters. The van der Waals surface area contributed by atoms with E-state index in [0.29, 0.717) is 12.8 Å². The molecule has 0 amide bonds. The van der Waals surface area contributed by atoms with Gasteiger partial charge in [-0.15, -0.1) is 0 Å². The molecule has 266 valence electrons. The maximum Gasteiger partial charge on any atom is 0.469 e. The second kappa shape index (κ2) is 32.7. The lowest BCUT2D eigenvalue weighted by Crippen LogP contribution is -2.29. The van der Waals surface area contributed by atoms with E-state index in [1.54, 1.807) is 0 Å². The van der Waals surface area contributed by atoms with Gasteiger partial charge in [0, 0.05) is 12.8 Å². The average Bonchev–Trinajstić information content (AvgIpc) is 3.00. The summed E-state index contributed by atoms with van der Waals surface area (Å²) in [5.74, 6) is -0.897. The predicted molar refractivity (Wildman–Crippen MR) is 184 cm³/mol. The molecule has 0 radical (unpaired) electrons. The second-order valence-corrected chi connectivity index (χ2v) is 13.8. The number of carbonyl (C=O) groups is 2. The van der Waals surface area contributed by atoms with Gasteiger partial charge >= 0.3 is 19.8 Å². The van der Waals surface area contributed by atoms with Crippen molar-refractivity contribution in [3.8, 4) is 0 Å². The molecule has 0 aliphatic carbocycles. The van der Waals surface area contributed by atoms with Crippen molar-refractivity contribution in [3.63, 3.8) is 0 Å². The standard InChI is InChI=1S/C36H69O8P/c1-3-5-7-9-11-13-15-17-19-21-23-25-27-29-31-36(38)44-34(33-43-45(39,40)41)32-42-35(37)30-28-26-24-22-20-18-16-14-12-10-8-6-4-2/h18,20,34H,3-17,19,21-33H2,1-2H3,(H2,39,40,41)/b20-18+/t34-/m1/s1. The minimum absolute atomic E-state index is 0.214. The van der Waals surface area contributed by atoms with E-state index in [1.165, 1.54) is 103 Å². The SMILES string of the molecule is CCCCCCCC/C=C/CCCCCC(=O)OC[C@H](COP(=O)(O)O)OC(=O)CCCCCCCCCCCCCCCC. The number of hydrogen-bond donors (Lipinski definition) is 2. The third-order valence-electron chi connectivity index (χ3n) is 8.03. The molecule has 0 heterocycles. The lowest BCUT2D eigenvalue weighted by molar-refractivity contribution is -0.161. The van der Waals surface area contributed by atoms with Gasteiger partial charge in [-0.25, -0.2) is 4.57 Å². The van der Waals surface area contributed by atoms with E-state index in [1.807, 2.05) is 0 Å². The first-order valence-corrected chi connectivity index (χ1v) is 20.0. The Morgan fingerprint density at radius 2 is 0.933 bits per heavy atom. The zero-order valence-electron chi connectivity index (χ0n) is 29.0. The van der Waals surface area contributed by atoms with Crippen molar-refractivity contribution in [1.82, 2.24) is 0 Å². The third-order valence-corrected chi connectivity index (χ3v) is 8.52. The number of phosphoric acid groups is 1. The number of rotatable bonds is 34. The molecule has 0 aromatic rings. The number of phosphoric ester groups is 1. The normalized spacial score (nSPS) is 12.5. The van der Waals surface area contributed by atoms with Gasteiger partial charge in [0.05, 0.1) is 6.61 Å². The van der Waals surface area contributed by atoms with Gasteiger partial charge in [-0.1, -0.05) is 148 Å². The summed E-state index contributed by atoms with van der Waals surface area (Å²) in [7, 11) is -4.74. The van der Waals surface area contributed by atoms with E-state index in [9.17, 15) is 14.2 Å². The highest BCUT2D eigenvalue weighted by atomic mass is 31.2. The monoisotopic (exact) mass is 660 g/mol. The number of carbonyl (C=O) groups excluding carboxylic acids is 2. The highest BCUT2D eigenvalue weighted by Crippen LogP contribution is 2.36. The topological polar surface area (TPSA) is 119 Å². The van der Waals surface area contributed by atoms with Gasteiger partial charge in [0.1, 0.15) is 6.61 Å². The highest BCUT2D eigenvalue weighted by molar-refractivity contribution is 7.46. The van der Waals surface area contributed by atoms with Crippen LogP contribution in [0, 0.1) is 0 Å². The number of esters is 2. The Balaban J connectivity index is 3.97. The molecular formula is C36H69O8P. The quantitative estimate of drug-likeness (QED) is 0.0303. The van der Waals surface area contributed by atoms with Crippen LogP contribution in [0.3, 0.4) is 0 Å². The molecule has 0 aromatic heterocycles. The summed E-state index contributed by atoms with van der Waals surface area (Å²) in [6.45, 7) is 3.66. The van der Waals surface area contributed by atoms with Crippen molar-refractivity contribution in [2.45, 2.75) is 193 Å². The fraction of sp³-hybridized carbons (Fsp3) is 0.889. The smallest absolute Gasteiger partial charge is 0.462 e. The van der Waals surface area contributed by atoms with Crippen molar-refractivity contribution < 1.29 is 37.9 Å². The van der Waals surface area contributed by atoms with E-state index in [-0.39, 0.29) is 19.4 Å².